The van der Waals surface area contributed by atoms with Gasteiger partial charge in [0.25, 0.3) is 0 Å². The second-order valence-electron chi connectivity index (χ2n) is 7.53. The first-order chi connectivity index (χ1) is 12.1. The molecule has 0 amide bonds. The van der Waals surface area contributed by atoms with E-state index in [4.69, 9.17) is 4.98 Å². The number of hydrogen-bond donors (Lipinski definition) is 0. The summed E-state index contributed by atoms with van der Waals surface area (Å²) in [5, 5.41) is 0. The minimum atomic E-state index is 0.303. The molecule has 0 N–H and O–H groups in total. The van der Waals surface area contributed by atoms with Crippen molar-refractivity contribution in [2.24, 2.45) is 5.92 Å². The molecule has 25 heavy (non-hydrogen) atoms. The first-order valence-electron chi connectivity index (χ1n) is 9.64. The molecule has 2 heteroatoms. The van der Waals surface area contributed by atoms with Crippen LogP contribution in [0.15, 0.2) is 48.5 Å². The summed E-state index contributed by atoms with van der Waals surface area (Å²) in [4.78, 5) is 4.98. The Labute approximate surface area is 151 Å². The first-order valence-corrected chi connectivity index (χ1v) is 9.64. The first kappa shape index (κ1) is 17.7. The number of para-hydroxylation sites is 2. The Morgan fingerprint density at radius 3 is 2.36 bits per heavy atom. The summed E-state index contributed by atoms with van der Waals surface area (Å²) >= 11 is 0. The molecule has 1 aromatic heterocycles. The van der Waals surface area contributed by atoms with Gasteiger partial charge in [0.15, 0.2) is 0 Å². The minimum absolute atomic E-state index is 0.303. The smallest absolute Gasteiger partial charge is 0.117 e. The van der Waals surface area contributed by atoms with Gasteiger partial charge in [-0.2, -0.15) is 0 Å². The highest BCUT2D eigenvalue weighted by molar-refractivity contribution is 5.76. The van der Waals surface area contributed by atoms with E-state index < -0.39 is 0 Å². The predicted molar refractivity (Wildman–Crippen MR) is 107 cm³/mol. The van der Waals surface area contributed by atoms with Crippen molar-refractivity contribution in [3.63, 3.8) is 0 Å². The molecule has 3 rings (SSSR count). The summed E-state index contributed by atoms with van der Waals surface area (Å²) in [6, 6.07) is 17.6. The van der Waals surface area contributed by atoms with Crippen LogP contribution in [0.5, 0.6) is 0 Å². The van der Waals surface area contributed by atoms with Crippen molar-refractivity contribution in [3.05, 3.63) is 65.5 Å². The van der Waals surface area contributed by atoms with Gasteiger partial charge in [-0.15, -0.1) is 0 Å². The Balaban J connectivity index is 1.94. The van der Waals surface area contributed by atoms with Gasteiger partial charge in [-0.1, -0.05) is 70.5 Å². The van der Waals surface area contributed by atoms with Crippen LogP contribution >= 0.6 is 0 Å². The number of unbranched alkanes of at least 4 members (excludes halogenated alkanes) is 1. The van der Waals surface area contributed by atoms with Crippen LogP contribution in [0.25, 0.3) is 11.0 Å². The van der Waals surface area contributed by atoms with Crippen molar-refractivity contribution in [3.8, 4) is 0 Å². The monoisotopic (exact) mass is 334 g/mol. The van der Waals surface area contributed by atoms with E-state index in [-0.39, 0.29) is 0 Å². The van der Waals surface area contributed by atoms with Crippen molar-refractivity contribution in [1.82, 2.24) is 9.55 Å². The van der Waals surface area contributed by atoms with E-state index in [9.17, 15) is 0 Å². The maximum Gasteiger partial charge on any atom is 0.117 e. The summed E-state index contributed by atoms with van der Waals surface area (Å²) in [7, 11) is 0. The van der Waals surface area contributed by atoms with Crippen molar-refractivity contribution in [1.29, 1.82) is 0 Å². The molecule has 0 aliphatic heterocycles. The predicted octanol–water partition coefficient (Wildman–Crippen LogP) is 6.19. The van der Waals surface area contributed by atoms with Gasteiger partial charge < -0.3 is 4.57 Å². The van der Waals surface area contributed by atoms with Gasteiger partial charge in [0.2, 0.25) is 0 Å². The summed E-state index contributed by atoms with van der Waals surface area (Å²) in [6.45, 7) is 10.1. The highest BCUT2D eigenvalue weighted by Crippen LogP contribution is 2.28. The molecular weight excluding hydrogens is 304 g/mol. The molecule has 2 nitrogen and oxygen atoms in total. The van der Waals surface area contributed by atoms with E-state index in [0.29, 0.717) is 11.8 Å². The third-order valence-corrected chi connectivity index (χ3v) is 4.93. The van der Waals surface area contributed by atoms with Crippen LogP contribution in [0.2, 0.25) is 0 Å². The molecule has 2 aromatic carbocycles. The maximum absolute atomic E-state index is 4.98. The fraction of sp³-hybridized carbons (Fsp3) is 0.435. The molecule has 0 saturated carbocycles. The molecule has 0 radical (unpaired) electrons. The van der Waals surface area contributed by atoms with E-state index >= 15 is 0 Å². The number of hydrogen-bond acceptors (Lipinski definition) is 1. The molecule has 3 aromatic rings. The molecule has 1 heterocycles. The Morgan fingerprint density at radius 1 is 0.960 bits per heavy atom. The van der Waals surface area contributed by atoms with Crippen LogP contribution in [-0.2, 0) is 13.0 Å². The van der Waals surface area contributed by atoms with Gasteiger partial charge in [0.05, 0.1) is 11.0 Å². The Kier molecular flexibility index (Phi) is 5.57. The molecule has 0 spiro atoms. The van der Waals surface area contributed by atoms with Gasteiger partial charge >= 0.3 is 0 Å². The molecule has 0 saturated heterocycles. The molecule has 1 atom stereocenters. The van der Waals surface area contributed by atoms with Crippen LogP contribution in [0, 0.1) is 5.92 Å². The van der Waals surface area contributed by atoms with Gasteiger partial charge in [0.1, 0.15) is 5.82 Å². The van der Waals surface area contributed by atoms with Crippen molar-refractivity contribution < 1.29 is 0 Å². The Hall–Kier alpha value is -2.09. The normalized spacial score (nSPS) is 12.8. The van der Waals surface area contributed by atoms with E-state index in [1.807, 2.05) is 0 Å². The molecule has 0 aliphatic carbocycles. The van der Waals surface area contributed by atoms with Crippen LogP contribution in [-0.4, -0.2) is 9.55 Å². The second-order valence-corrected chi connectivity index (χ2v) is 7.53. The van der Waals surface area contributed by atoms with Crippen LogP contribution in [0.3, 0.4) is 0 Å². The Morgan fingerprint density at radius 2 is 1.68 bits per heavy atom. The van der Waals surface area contributed by atoms with Gasteiger partial charge in [-0.3, -0.25) is 0 Å². The van der Waals surface area contributed by atoms with E-state index in [1.54, 1.807) is 0 Å². The zero-order chi connectivity index (χ0) is 17.8. The second kappa shape index (κ2) is 7.86. The lowest BCUT2D eigenvalue weighted by Crippen LogP contribution is -2.08. The number of aromatic nitrogens is 2. The maximum atomic E-state index is 4.98. The average molecular weight is 335 g/mol. The van der Waals surface area contributed by atoms with Crippen molar-refractivity contribution in [2.45, 2.75) is 59.4 Å². The van der Waals surface area contributed by atoms with Crippen LogP contribution in [0.1, 0.15) is 63.4 Å². The fourth-order valence-corrected chi connectivity index (χ4v) is 3.54. The summed E-state index contributed by atoms with van der Waals surface area (Å²) < 4.78 is 2.42. The minimum Gasteiger partial charge on any atom is -0.327 e. The molecule has 0 bridgehead atoms. The van der Waals surface area contributed by atoms with E-state index in [2.05, 4.69) is 80.8 Å². The average Bonchev–Trinajstić information content (AvgIpc) is 2.98. The number of benzene rings is 2. The van der Waals surface area contributed by atoms with Crippen molar-refractivity contribution in [2.75, 3.05) is 0 Å². The third kappa shape index (κ3) is 3.95. The summed E-state index contributed by atoms with van der Waals surface area (Å²) in [6.07, 6.45) is 3.53. The lowest BCUT2D eigenvalue weighted by atomic mass is 9.96. The van der Waals surface area contributed by atoms with Gasteiger partial charge in [0, 0.05) is 12.5 Å². The highest BCUT2D eigenvalue weighted by Gasteiger charge is 2.18. The SMILES string of the molecule is CCCCn1c([C@@H](C)c2ccc(CC(C)C)cc2)nc2ccccc21. The standard InChI is InChI=1S/C23H30N2/c1-5-6-15-25-22-10-8-7-9-21(22)24-23(25)18(4)20-13-11-19(12-14-20)16-17(2)3/h7-14,17-18H,5-6,15-16H2,1-4H3/t18-/m0/s1. The number of fused-ring (bicyclic) bond motifs is 1. The molecule has 0 fully saturated rings. The number of imidazole rings is 1. The number of nitrogens with zero attached hydrogens (tertiary/aromatic N) is 2. The molecule has 132 valence electrons. The largest absolute Gasteiger partial charge is 0.327 e. The zero-order valence-corrected chi connectivity index (χ0v) is 16.0. The lowest BCUT2D eigenvalue weighted by molar-refractivity contribution is 0.603. The molecule has 0 unspecified atom stereocenters. The molecular formula is C23H30N2. The van der Waals surface area contributed by atoms with Crippen molar-refractivity contribution >= 4 is 11.0 Å². The van der Waals surface area contributed by atoms with E-state index in [0.717, 1.165) is 18.5 Å². The van der Waals surface area contributed by atoms with Gasteiger partial charge in [-0.05, 0) is 42.0 Å². The summed E-state index contributed by atoms with van der Waals surface area (Å²) in [5.74, 6) is 2.19. The lowest BCUT2D eigenvalue weighted by Gasteiger charge is -2.16. The Bertz CT molecular complexity index is 812. The molecule has 0 aliphatic rings. The highest BCUT2D eigenvalue weighted by atomic mass is 15.1. The quantitative estimate of drug-likeness (QED) is 0.504. The summed E-state index contributed by atoms with van der Waals surface area (Å²) in [5.41, 5.74) is 5.14. The third-order valence-electron chi connectivity index (χ3n) is 4.93. The van der Waals surface area contributed by atoms with E-state index in [1.165, 1.54) is 35.3 Å². The van der Waals surface area contributed by atoms with Crippen LogP contribution < -0.4 is 0 Å². The number of rotatable bonds is 7. The number of aryl methyl sites for hydroxylation is 1. The topological polar surface area (TPSA) is 17.8 Å². The fourth-order valence-electron chi connectivity index (χ4n) is 3.54. The van der Waals surface area contributed by atoms with Gasteiger partial charge in [-0.25, -0.2) is 4.98 Å². The zero-order valence-electron chi connectivity index (χ0n) is 16.0. The van der Waals surface area contributed by atoms with Crippen LogP contribution in [0.4, 0.5) is 0 Å².